The highest BCUT2D eigenvalue weighted by atomic mass is 16.7. The minimum Gasteiger partial charge on any atom is -0.461 e. The largest absolute Gasteiger partial charge is 0.461 e. The van der Waals surface area contributed by atoms with Crippen molar-refractivity contribution in [2.24, 2.45) is 28.0 Å². The molecule has 0 saturated carbocycles. The van der Waals surface area contributed by atoms with E-state index in [4.69, 9.17) is 32.0 Å². The van der Waals surface area contributed by atoms with Crippen LogP contribution in [0.4, 0.5) is 5.69 Å². The molecule has 1 saturated heterocycles. The minimum atomic E-state index is -0.754. The second kappa shape index (κ2) is 11.3. The van der Waals surface area contributed by atoms with E-state index in [1.165, 1.54) is 6.07 Å². The predicted molar refractivity (Wildman–Crippen MR) is 115 cm³/mol. The Kier molecular flexibility index (Phi) is 8.19. The summed E-state index contributed by atoms with van der Waals surface area (Å²) in [4.78, 5) is 36.1. The molecular weight excluding hydrogens is 422 g/mol. The van der Waals surface area contributed by atoms with Gasteiger partial charge in [-0.25, -0.2) is 5.90 Å². The molecular formula is C20H23N5O7. The van der Waals surface area contributed by atoms with Crippen LogP contribution in [-0.2, 0) is 9.57 Å². The van der Waals surface area contributed by atoms with Gasteiger partial charge in [-0.3, -0.25) is 0 Å². The Bertz CT molecular complexity index is 971. The van der Waals surface area contributed by atoms with Gasteiger partial charge in [0.1, 0.15) is 17.5 Å². The Balaban J connectivity index is 1.75. The second-order valence-corrected chi connectivity index (χ2v) is 7.00. The average molecular weight is 445 g/mol. The van der Waals surface area contributed by atoms with Gasteiger partial charge < -0.3 is 24.0 Å². The average Bonchev–Trinajstić information content (AvgIpc) is 2.83. The Morgan fingerprint density at radius 2 is 1.78 bits per heavy atom. The molecule has 0 spiro atoms. The van der Waals surface area contributed by atoms with Crippen LogP contribution in [0.3, 0.4) is 0 Å². The standard InChI is InChI=1S/C20H23N5O7/c21-28-11-17-9-15(25-27)10-20(29-17)30-18-4-3-12(7-19(18)32-23)1-2-13-5-14(24-26)8-16(6-13)31-22/h1-8,15,17,20H,9-11,21-23H2/b2-1+/t15-,17-,20-/m0/s1. The lowest BCUT2D eigenvalue weighted by Crippen LogP contribution is -2.40. The highest BCUT2D eigenvalue weighted by molar-refractivity contribution is 5.73. The maximum Gasteiger partial charge on any atom is 0.202 e. The third-order valence-corrected chi connectivity index (χ3v) is 4.75. The zero-order valence-electron chi connectivity index (χ0n) is 17.0. The van der Waals surface area contributed by atoms with Crippen LogP contribution in [0.5, 0.6) is 17.2 Å². The number of nitrogens with zero attached hydrogens (tertiary/aromatic N) is 2. The first-order chi connectivity index (χ1) is 15.6. The summed E-state index contributed by atoms with van der Waals surface area (Å²) in [7, 11) is 0. The molecule has 12 heteroatoms. The van der Waals surface area contributed by atoms with Crippen molar-refractivity contribution < 1.29 is 24.0 Å². The highest BCUT2D eigenvalue weighted by Gasteiger charge is 2.32. The van der Waals surface area contributed by atoms with Gasteiger partial charge in [-0.1, -0.05) is 23.4 Å². The van der Waals surface area contributed by atoms with Crippen LogP contribution in [0.15, 0.2) is 46.8 Å². The van der Waals surface area contributed by atoms with E-state index in [2.05, 4.69) is 20.0 Å². The van der Waals surface area contributed by atoms with Crippen LogP contribution in [0.25, 0.3) is 12.2 Å². The molecule has 3 atom stereocenters. The molecule has 0 aliphatic carbocycles. The molecule has 2 aromatic carbocycles. The van der Waals surface area contributed by atoms with Gasteiger partial charge in [0.05, 0.1) is 12.7 Å². The van der Waals surface area contributed by atoms with Crippen LogP contribution in [0, 0.1) is 9.81 Å². The molecule has 6 N–H and O–H groups in total. The summed E-state index contributed by atoms with van der Waals surface area (Å²) in [5.74, 6) is 16.5. The number of ether oxygens (including phenoxy) is 2. The maximum absolute atomic E-state index is 11.0. The fourth-order valence-corrected chi connectivity index (χ4v) is 3.30. The molecule has 1 aliphatic rings. The van der Waals surface area contributed by atoms with E-state index < -0.39 is 18.4 Å². The zero-order valence-corrected chi connectivity index (χ0v) is 17.0. The minimum absolute atomic E-state index is 0.105. The number of hydrogen-bond acceptors (Lipinski definition) is 12. The first kappa shape index (κ1) is 23.2. The van der Waals surface area contributed by atoms with Gasteiger partial charge >= 0.3 is 0 Å². The van der Waals surface area contributed by atoms with Crippen molar-refractivity contribution in [2.75, 3.05) is 6.61 Å². The molecule has 0 aromatic heterocycles. The molecule has 1 aliphatic heterocycles. The molecule has 1 heterocycles. The van der Waals surface area contributed by atoms with Gasteiger partial charge in [0.15, 0.2) is 11.5 Å². The maximum atomic E-state index is 11.0. The first-order valence-corrected chi connectivity index (χ1v) is 9.58. The summed E-state index contributed by atoms with van der Waals surface area (Å²) >= 11 is 0. The molecule has 170 valence electrons. The van der Waals surface area contributed by atoms with E-state index in [1.54, 1.807) is 42.5 Å². The van der Waals surface area contributed by atoms with Crippen molar-refractivity contribution in [2.45, 2.75) is 31.3 Å². The van der Waals surface area contributed by atoms with Crippen LogP contribution in [0.2, 0.25) is 0 Å². The zero-order chi connectivity index (χ0) is 22.9. The molecule has 12 nitrogen and oxygen atoms in total. The quantitative estimate of drug-likeness (QED) is 0.279. The topological polar surface area (TPSA) is 183 Å². The van der Waals surface area contributed by atoms with Crippen molar-refractivity contribution in [3.63, 3.8) is 0 Å². The Hall–Kier alpha value is -3.42. The lowest BCUT2D eigenvalue weighted by atomic mass is 10.0. The van der Waals surface area contributed by atoms with Crippen molar-refractivity contribution in [3.8, 4) is 17.2 Å². The lowest BCUT2D eigenvalue weighted by Gasteiger charge is -2.32. The van der Waals surface area contributed by atoms with Crippen molar-refractivity contribution in [1.82, 2.24) is 0 Å². The summed E-state index contributed by atoms with van der Waals surface area (Å²) in [6.07, 6.45) is 2.97. The van der Waals surface area contributed by atoms with Crippen LogP contribution in [-0.4, -0.2) is 25.0 Å². The number of hydrogen-bond donors (Lipinski definition) is 3. The van der Waals surface area contributed by atoms with E-state index in [9.17, 15) is 9.81 Å². The smallest absolute Gasteiger partial charge is 0.202 e. The third-order valence-electron chi connectivity index (χ3n) is 4.75. The molecule has 3 rings (SSSR count). The van der Waals surface area contributed by atoms with E-state index in [0.717, 1.165) is 5.56 Å². The monoisotopic (exact) mass is 445 g/mol. The Labute approximate surface area is 183 Å². The van der Waals surface area contributed by atoms with Crippen molar-refractivity contribution in [1.29, 1.82) is 0 Å². The van der Waals surface area contributed by atoms with E-state index >= 15 is 0 Å². The predicted octanol–water partition coefficient (Wildman–Crippen LogP) is 2.67. The number of nitrogens with two attached hydrogens (primary N) is 3. The summed E-state index contributed by atoms with van der Waals surface area (Å²) in [6, 6.07) is 9.19. The summed E-state index contributed by atoms with van der Waals surface area (Å²) in [5.41, 5.74) is 1.55. The SMILES string of the molecule is NOC[C@@H]1C[C@H](N=O)C[C@H](Oc2ccc(/C=C/c3cc(N=O)cc(ON)c3)cc2ON)O1. The number of benzene rings is 2. The fraction of sp³-hybridized carbons (Fsp3) is 0.300. The number of rotatable bonds is 10. The lowest BCUT2D eigenvalue weighted by molar-refractivity contribution is -0.168. The molecule has 0 bridgehead atoms. The van der Waals surface area contributed by atoms with Gasteiger partial charge in [0.25, 0.3) is 0 Å². The number of nitroso groups, excluding NO2 is 2. The third kappa shape index (κ3) is 6.06. The molecule has 2 aromatic rings. The fourth-order valence-electron chi connectivity index (χ4n) is 3.30. The molecule has 1 fully saturated rings. The molecule has 0 amide bonds. The highest BCUT2D eigenvalue weighted by Crippen LogP contribution is 2.32. The normalized spacial score (nSPS) is 20.7. The van der Waals surface area contributed by atoms with Gasteiger partial charge in [0.2, 0.25) is 6.29 Å². The first-order valence-electron chi connectivity index (χ1n) is 9.58. The Morgan fingerprint density at radius 3 is 2.47 bits per heavy atom. The van der Waals surface area contributed by atoms with Crippen LogP contribution >= 0.6 is 0 Å². The van der Waals surface area contributed by atoms with Gasteiger partial charge in [-0.05, 0) is 40.6 Å². The Morgan fingerprint density at radius 1 is 0.969 bits per heavy atom. The van der Waals surface area contributed by atoms with Crippen molar-refractivity contribution in [3.05, 3.63) is 57.3 Å². The molecule has 0 unspecified atom stereocenters. The van der Waals surface area contributed by atoms with E-state index in [0.29, 0.717) is 23.5 Å². The second-order valence-electron chi connectivity index (χ2n) is 7.00. The van der Waals surface area contributed by atoms with E-state index in [-0.39, 0.29) is 24.5 Å². The summed E-state index contributed by atoms with van der Waals surface area (Å²) in [6.45, 7) is 0.105. The van der Waals surface area contributed by atoms with Gasteiger partial charge in [0, 0.05) is 18.9 Å². The molecule has 32 heavy (non-hydrogen) atoms. The molecule has 0 radical (unpaired) electrons. The summed E-state index contributed by atoms with van der Waals surface area (Å²) in [5, 5.41) is 5.98. The van der Waals surface area contributed by atoms with E-state index in [1.807, 2.05) is 0 Å². The van der Waals surface area contributed by atoms with Gasteiger partial charge in [-0.15, -0.1) is 4.91 Å². The summed E-state index contributed by atoms with van der Waals surface area (Å²) < 4.78 is 11.6. The van der Waals surface area contributed by atoms with Crippen LogP contribution in [0.1, 0.15) is 24.0 Å². The van der Waals surface area contributed by atoms with Crippen molar-refractivity contribution >= 4 is 17.8 Å². The van der Waals surface area contributed by atoms with Crippen LogP contribution < -0.4 is 32.1 Å². The van der Waals surface area contributed by atoms with Gasteiger partial charge in [-0.2, -0.15) is 16.7 Å².